The number of aryl methyl sites for hydroxylation is 2. The Morgan fingerprint density at radius 3 is 2.42 bits per heavy atom. The van der Waals surface area contributed by atoms with Crippen LogP contribution in [0.2, 0.25) is 0 Å². The number of fused-ring (bicyclic) bond motifs is 1. The third-order valence-corrected chi connectivity index (χ3v) is 4.14. The molecule has 2 N–H and O–H groups in total. The lowest BCUT2D eigenvalue weighted by Crippen LogP contribution is -2.26. The maximum Gasteiger partial charge on any atom is 0.414 e. The fourth-order valence-corrected chi connectivity index (χ4v) is 2.80. The van der Waals surface area contributed by atoms with E-state index in [1.807, 2.05) is 20.8 Å². The molecule has 1 amide bonds. The fraction of sp³-hybridized carbons (Fsp3) is 0.385. The molecule has 1 aromatic heterocycles. The molecule has 2 rings (SSSR count). The van der Waals surface area contributed by atoms with Crippen molar-refractivity contribution in [2.75, 3.05) is 19.8 Å². The van der Waals surface area contributed by atoms with Gasteiger partial charge < -0.3 is 15.4 Å². The molecule has 0 fully saturated rings. The normalized spacial score (nSPS) is 10.8. The Morgan fingerprint density at radius 2 is 1.84 bits per heavy atom. The molecule has 0 radical (unpaired) electrons. The number of amides is 1. The molecule has 19 heavy (non-hydrogen) atoms. The van der Waals surface area contributed by atoms with E-state index in [0.29, 0.717) is 10.9 Å². The summed E-state index contributed by atoms with van der Waals surface area (Å²) in [5.41, 5.74) is 9.48. The Balaban J connectivity index is 2.64. The monoisotopic (exact) mass is 279 g/mol. The molecule has 0 atom stereocenters. The third kappa shape index (κ3) is 2.23. The molecule has 2 aromatic rings. The summed E-state index contributed by atoms with van der Waals surface area (Å²) in [5, 5.41) is 0.525. The Kier molecular flexibility index (Phi) is 3.36. The molecule has 0 spiro atoms. The van der Waals surface area contributed by atoms with Crippen LogP contribution < -0.4 is 10.5 Å². The number of anilines is 1. The van der Waals surface area contributed by atoms with Crippen LogP contribution in [0.1, 0.15) is 16.7 Å². The fourth-order valence-electron chi connectivity index (χ4n) is 1.91. The predicted molar refractivity (Wildman–Crippen MR) is 78.0 cm³/mol. The Labute approximate surface area is 116 Å². The maximum atomic E-state index is 11.7. The second-order valence-corrected chi connectivity index (χ2v) is 5.73. The molecule has 0 aliphatic carbocycles. The highest BCUT2D eigenvalue weighted by Gasteiger charge is 2.19. The minimum absolute atomic E-state index is 0.387. The number of hydrogen-bond acceptors (Lipinski definition) is 5. The molecule has 0 unspecified atom stereocenters. The highest BCUT2D eigenvalue weighted by atomic mass is 32.1. The average Bonchev–Trinajstić information content (AvgIpc) is 2.73. The minimum Gasteiger partial charge on any atom is -0.410 e. The number of benzene rings is 1. The van der Waals surface area contributed by atoms with Crippen LogP contribution in [-0.2, 0) is 0 Å². The number of thiazole rings is 1. The van der Waals surface area contributed by atoms with Crippen molar-refractivity contribution < 1.29 is 9.53 Å². The van der Waals surface area contributed by atoms with Crippen molar-refractivity contribution in [1.82, 2.24) is 9.88 Å². The number of nitrogens with two attached hydrogens (primary N) is 1. The van der Waals surface area contributed by atoms with Gasteiger partial charge >= 0.3 is 6.09 Å². The first-order valence-electron chi connectivity index (χ1n) is 5.87. The summed E-state index contributed by atoms with van der Waals surface area (Å²) in [6, 6.07) is 0. The van der Waals surface area contributed by atoms with E-state index >= 15 is 0 Å². The standard InChI is InChI=1S/C13H17N3O2S/c1-6-7(2)10(18-13(17)16(4)5)8(3)11-9(6)15-12(14)19-11/h1-5H3,(H2,14,15). The van der Waals surface area contributed by atoms with E-state index < -0.39 is 0 Å². The second-order valence-electron chi connectivity index (χ2n) is 4.70. The molecule has 102 valence electrons. The SMILES string of the molecule is Cc1c(OC(=O)N(C)C)c(C)c2sc(N)nc2c1C. The van der Waals surface area contributed by atoms with Crippen LogP contribution >= 0.6 is 11.3 Å². The first-order chi connectivity index (χ1) is 8.82. The van der Waals surface area contributed by atoms with Gasteiger partial charge in [-0.2, -0.15) is 0 Å². The molecule has 0 saturated heterocycles. The molecule has 0 bridgehead atoms. The van der Waals surface area contributed by atoms with Gasteiger partial charge in [-0.1, -0.05) is 11.3 Å². The number of nitrogens with zero attached hydrogens (tertiary/aromatic N) is 2. The molecular formula is C13H17N3O2S. The summed E-state index contributed by atoms with van der Waals surface area (Å²) in [5.74, 6) is 0.604. The molecule has 6 heteroatoms. The van der Waals surface area contributed by atoms with E-state index in [2.05, 4.69) is 4.98 Å². The number of aromatic nitrogens is 1. The Bertz CT molecular complexity index is 662. The number of rotatable bonds is 1. The van der Waals surface area contributed by atoms with Gasteiger partial charge in [0, 0.05) is 19.7 Å². The largest absolute Gasteiger partial charge is 0.414 e. The lowest BCUT2D eigenvalue weighted by Gasteiger charge is -2.16. The van der Waals surface area contributed by atoms with Crippen LogP contribution in [0.5, 0.6) is 5.75 Å². The van der Waals surface area contributed by atoms with E-state index in [1.54, 1.807) is 14.1 Å². The summed E-state index contributed by atoms with van der Waals surface area (Å²) in [4.78, 5) is 17.5. The highest BCUT2D eigenvalue weighted by Crippen LogP contribution is 2.38. The van der Waals surface area contributed by atoms with E-state index in [4.69, 9.17) is 10.5 Å². The average molecular weight is 279 g/mol. The van der Waals surface area contributed by atoms with E-state index in [9.17, 15) is 4.79 Å². The van der Waals surface area contributed by atoms with E-state index in [1.165, 1.54) is 16.2 Å². The van der Waals surface area contributed by atoms with E-state index in [0.717, 1.165) is 26.9 Å². The number of ether oxygens (including phenoxy) is 1. The summed E-state index contributed by atoms with van der Waals surface area (Å²) >= 11 is 1.41. The quantitative estimate of drug-likeness (QED) is 0.871. The number of nitrogen functional groups attached to an aromatic ring is 1. The summed E-state index contributed by atoms with van der Waals surface area (Å²) in [7, 11) is 3.31. The van der Waals surface area contributed by atoms with Gasteiger partial charge in [0.1, 0.15) is 5.75 Å². The number of carbonyl (C=O) groups is 1. The summed E-state index contributed by atoms with van der Waals surface area (Å²) in [6.07, 6.45) is -0.387. The van der Waals surface area contributed by atoms with Gasteiger partial charge in [-0.15, -0.1) is 0 Å². The lowest BCUT2D eigenvalue weighted by atomic mass is 10.0. The van der Waals surface area contributed by atoms with E-state index in [-0.39, 0.29) is 6.09 Å². The van der Waals surface area contributed by atoms with Crippen LogP contribution in [-0.4, -0.2) is 30.1 Å². The molecule has 0 aliphatic heterocycles. The van der Waals surface area contributed by atoms with Gasteiger partial charge in [0.05, 0.1) is 10.2 Å². The van der Waals surface area contributed by atoms with Gasteiger partial charge in [0.15, 0.2) is 5.13 Å². The van der Waals surface area contributed by atoms with Gasteiger partial charge in [-0.05, 0) is 31.9 Å². The smallest absolute Gasteiger partial charge is 0.410 e. The molecule has 0 saturated carbocycles. The van der Waals surface area contributed by atoms with Crippen molar-refractivity contribution >= 4 is 32.8 Å². The van der Waals surface area contributed by atoms with Crippen molar-refractivity contribution in [3.8, 4) is 5.75 Å². The van der Waals surface area contributed by atoms with Crippen molar-refractivity contribution in [3.05, 3.63) is 16.7 Å². The zero-order valence-corrected chi connectivity index (χ0v) is 12.5. The van der Waals surface area contributed by atoms with Crippen molar-refractivity contribution in [2.24, 2.45) is 0 Å². The topological polar surface area (TPSA) is 68.5 Å². The molecule has 1 heterocycles. The van der Waals surface area contributed by atoms with Gasteiger partial charge in [0.25, 0.3) is 0 Å². The minimum atomic E-state index is -0.387. The molecule has 0 aliphatic rings. The van der Waals surface area contributed by atoms with Gasteiger partial charge in [-0.25, -0.2) is 9.78 Å². The van der Waals surface area contributed by atoms with Gasteiger partial charge in [-0.3, -0.25) is 0 Å². The van der Waals surface area contributed by atoms with Crippen LogP contribution in [0, 0.1) is 20.8 Å². The predicted octanol–water partition coefficient (Wildman–Crippen LogP) is 2.86. The highest BCUT2D eigenvalue weighted by molar-refractivity contribution is 7.22. The van der Waals surface area contributed by atoms with Crippen molar-refractivity contribution in [2.45, 2.75) is 20.8 Å². The van der Waals surface area contributed by atoms with Crippen LogP contribution in [0.4, 0.5) is 9.93 Å². The maximum absolute atomic E-state index is 11.7. The van der Waals surface area contributed by atoms with Gasteiger partial charge in [0.2, 0.25) is 0 Å². The first kappa shape index (κ1) is 13.6. The third-order valence-electron chi connectivity index (χ3n) is 3.14. The summed E-state index contributed by atoms with van der Waals surface area (Å²) < 4.78 is 6.43. The second kappa shape index (κ2) is 4.70. The van der Waals surface area contributed by atoms with Crippen molar-refractivity contribution in [3.63, 3.8) is 0 Å². The number of carbonyl (C=O) groups excluding carboxylic acids is 1. The Morgan fingerprint density at radius 1 is 1.21 bits per heavy atom. The zero-order valence-electron chi connectivity index (χ0n) is 11.7. The molecule has 5 nitrogen and oxygen atoms in total. The zero-order chi connectivity index (χ0) is 14.3. The molecular weight excluding hydrogens is 262 g/mol. The van der Waals surface area contributed by atoms with Crippen LogP contribution in [0.15, 0.2) is 0 Å². The lowest BCUT2D eigenvalue weighted by molar-refractivity contribution is 0.171. The Hall–Kier alpha value is -1.82. The van der Waals surface area contributed by atoms with Crippen molar-refractivity contribution in [1.29, 1.82) is 0 Å². The number of hydrogen-bond donors (Lipinski definition) is 1. The molecule has 1 aromatic carbocycles. The van der Waals surface area contributed by atoms with Crippen LogP contribution in [0.3, 0.4) is 0 Å². The summed E-state index contributed by atoms with van der Waals surface area (Å²) in [6.45, 7) is 5.81. The first-order valence-corrected chi connectivity index (χ1v) is 6.69. The van der Waals surface area contributed by atoms with Crippen LogP contribution in [0.25, 0.3) is 10.2 Å².